The molecule has 1 unspecified atom stereocenters. The minimum Gasteiger partial charge on any atom is -0.316 e. The summed E-state index contributed by atoms with van der Waals surface area (Å²) < 4.78 is 9.43. The van der Waals surface area contributed by atoms with Crippen LogP contribution < -0.4 is 5.32 Å². The smallest absolute Gasteiger partial charge is 0.0365 e. The molecular formula is C11H14BrN. The highest BCUT2D eigenvalue weighted by Crippen LogP contribution is 2.24. The molecule has 2 rings (SSSR count). The van der Waals surface area contributed by atoms with Gasteiger partial charge in [0.1, 0.15) is 0 Å². The molecule has 0 saturated carbocycles. The van der Waals surface area contributed by atoms with Gasteiger partial charge in [-0.2, -0.15) is 0 Å². The molecule has 1 aromatic carbocycles. The van der Waals surface area contributed by atoms with Gasteiger partial charge in [0.25, 0.3) is 0 Å². The summed E-state index contributed by atoms with van der Waals surface area (Å²) in [5, 5.41) is 3.29. The minimum atomic E-state index is -0.418. The molecule has 0 amide bonds. The SMILES string of the molecule is [2H]C1(c2ccc(Br)cc2)CCCNC1. The lowest BCUT2D eigenvalue weighted by molar-refractivity contribution is 0.461. The molecule has 2 heteroatoms. The van der Waals surface area contributed by atoms with Gasteiger partial charge in [-0.1, -0.05) is 28.1 Å². The maximum absolute atomic E-state index is 8.35. The first-order valence-electron chi connectivity index (χ1n) is 5.17. The Hall–Kier alpha value is -0.340. The van der Waals surface area contributed by atoms with E-state index in [4.69, 9.17) is 1.37 Å². The molecule has 0 spiro atoms. The van der Waals surface area contributed by atoms with E-state index in [-0.39, 0.29) is 0 Å². The summed E-state index contributed by atoms with van der Waals surface area (Å²) in [5.74, 6) is -0.418. The molecule has 1 aliphatic rings. The zero-order valence-electron chi connectivity index (χ0n) is 8.52. The van der Waals surface area contributed by atoms with Crippen LogP contribution in [0.4, 0.5) is 0 Å². The van der Waals surface area contributed by atoms with Crippen LogP contribution in [0.3, 0.4) is 0 Å². The van der Waals surface area contributed by atoms with Crippen molar-refractivity contribution in [3.05, 3.63) is 34.3 Å². The van der Waals surface area contributed by atoms with Gasteiger partial charge in [-0.25, -0.2) is 0 Å². The first-order chi connectivity index (χ1) is 6.71. The summed E-state index contributed by atoms with van der Waals surface area (Å²) in [5.41, 5.74) is 1.12. The van der Waals surface area contributed by atoms with Gasteiger partial charge in [0, 0.05) is 12.4 Å². The topological polar surface area (TPSA) is 12.0 Å². The molecule has 1 nitrogen and oxygen atoms in total. The van der Waals surface area contributed by atoms with Gasteiger partial charge < -0.3 is 5.32 Å². The van der Waals surface area contributed by atoms with E-state index < -0.39 is 5.89 Å². The highest BCUT2D eigenvalue weighted by atomic mass is 79.9. The van der Waals surface area contributed by atoms with E-state index in [2.05, 4.69) is 21.2 Å². The molecule has 1 saturated heterocycles. The standard InChI is InChI=1S/C11H14BrN/c12-11-5-3-9(4-6-11)10-2-1-7-13-8-10/h3-6,10,13H,1-2,7-8H2/i10D. The van der Waals surface area contributed by atoms with Gasteiger partial charge >= 0.3 is 0 Å². The van der Waals surface area contributed by atoms with Crippen molar-refractivity contribution in [1.29, 1.82) is 0 Å². The van der Waals surface area contributed by atoms with Gasteiger partial charge in [-0.3, -0.25) is 0 Å². The normalized spacial score (nSPS) is 29.8. The molecule has 1 N–H and O–H groups in total. The van der Waals surface area contributed by atoms with Crippen LogP contribution in [0.25, 0.3) is 0 Å². The molecule has 1 atom stereocenters. The van der Waals surface area contributed by atoms with Crippen LogP contribution in [-0.2, 0) is 0 Å². The lowest BCUT2D eigenvalue weighted by Crippen LogP contribution is -2.28. The van der Waals surface area contributed by atoms with E-state index in [1.807, 2.05) is 24.3 Å². The lowest BCUT2D eigenvalue weighted by Gasteiger charge is -2.22. The minimum absolute atomic E-state index is 0.418. The van der Waals surface area contributed by atoms with Crippen LogP contribution in [0.1, 0.15) is 25.7 Å². The second kappa shape index (κ2) is 4.25. The zero-order valence-corrected chi connectivity index (χ0v) is 9.10. The second-order valence-electron chi connectivity index (χ2n) is 3.39. The third kappa shape index (κ3) is 2.32. The Morgan fingerprint density at radius 3 is 2.77 bits per heavy atom. The fraction of sp³-hybridized carbons (Fsp3) is 0.455. The van der Waals surface area contributed by atoms with Crippen molar-refractivity contribution in [2.45, 2.75) is 18.7 Å². The van der Waals surface area contributed by atoms with E-state index in [9.17, 15) is 0 Å². The molecule has 0 radical (unpaired) electrons. The summed E-state index contributed by atoms with van der Waals surface area (Å²) in [4.78, 5) is 0. The van der Waals surface area contributed by atoms with Gasteiger partial charge in [-0.05, 0) is 43.0 Å². The Morgan fingerprint density at radius 2 is 2.15 bits per heavy atom. The van der Waals surface area contributed by atoms with E-state index >= 15 is 0 Å². The van der Waals surface area contributed by atoms with Crippen LogP contribution in [0.2, 0.25) is 0 Å². The Morgan fingerprint density at radius 1 is 1.38 bits per heavy atom. The van der Waals surface area contributed by atoms with Gasteiger partial charge in [-0.15, -0.1) is 0 Å². The van der Waals surface area contributed by atoms with Crippen LogP contribution in [0, 0.1) is 0 Å². The molecule has 0 aromatic heterocycles. The van der Waals surface area contributed by atoms with Gasteiger partial charge in [0.2, 0.25) is 0 Å². The molecule has 13 heavy (non-hydrogen) atoms. The van der Waals surface area contributed by atoms with E-state index in [1.165, 1.54) is 0 Å². The molecule has 0 aliphatic carbocycles. The van der Waals surface area contributed by atoms with Crippen LogP contribution in [-0.4, -0.2) is 13.1 Å². The molecular weight excluding hydrogens is 226 g/mol. The fourth-order valence-corrected chi connectivity index (χ4v) is 1.95. The van der Waals surface area contributed by atoms with Crippen LogP contribution >= 0.6 is 15.9 Å². The van der Waals surface area contributed by atoms with Gasteiger partial charge in [0.05, 0.1) is 0 Å². The third-order valence-electron chi connectivity index (χ3n) is 2.42. The lowest BCUT2D eigenvalue weighted by atomic mass is 9.92. The van der Waals surface area contributed by atoms with E-state index in [1.54, 1.807) is 0 Å². The number of piperidine rings is 1. The second-order valence-corrected chi connectivity index (χ2v) is 4.31. The summed E-state index contributed by atoms with van der Waals surface area (Å²) >= 11 is 3.41. The zero-order chi connectivity index (χ0) is 10.0. The quantitative estimate of drug-likeness (QED) is 0.797. The average Bonchev–Trinajstić information content (AvgIpc) is 2.19. The monoisotopic (exact) mass is 240 g/mol. The molecule has 1 fully saturated rings. The Labute approximate surface area is 89.1 Å². The fourth-order valence-electron chi connectivity index (χ4n) is 1.69. The van der Waals surface area contributed by atoms with E-state index in [0.29, 0.717) is 0 Å². The summed E-state index contributed by atoms with van der Waals surface area (Å²) in [6.45, 7) is 1.83. The molecule has 1 aromatic rings. The van der Waals surface area contributed by atoms with E-state index in [0.717, 1.165) is 36.0 Å². The van der Waals surface area contributed by atoms with Crippen LogP contribution in [0.5, 0.6) is 0 Å². The summed E-state index contributed by atoms with van der Waals surface area (Å²) in [6, 6.07) is 8.12. The predicted octanol–water partition coefficient (Wildman–Crippen LogP) is 2.92. The molecule has 0 bridgehead atoms. The Balaban J connectivity index is 2.23. The number of nitrogens with one attached hydrogen (secondary N) is 1. The number of hydrogen-bond acceptors (Lipinski definition) is 1. The largest absolute Gasteiger partial charge is 0.316 e. The maximum Gasteiger partial charge on any atom is 0.0365 e. The number of benzene rings is 1. The predicted molar refractivity (Wildman–Crippen MR) is 59.0 cm³/mol. The summed E-state index contributed by atoms with van der Waals surface area (Å²) in [7, 11) is 0. The van der Waals surface area contributed by atoms with Crippen molar-refractivity contribution in [3.8, 4) is 0 Å². The number of hydrogen-bond donors (Lipinski definition) is 1. The summed E-state index contributed by atoms with van der Waals surface area (Å²) in [6.07, 6.45) is 2.06. The highest BCUT2D eigenvalue weighted by Gasteiger charge is 2.14. The van der Waals surface area contributed by atoms with Crippen molar-refractivity contribution in [2.75, 3.05) is 13.1 Å². The van der Waals surface area contributed by atoms with Crippen molar-refractivity contribution in [1.82, 2.24) is 5.32 Å². The number of halogens is 1. The maximum atomic E-state index is 8.35. The molecule has 1 heterocycles. The average molecular weight is 241 g/mol. The Kier molecular flexibility index (Phi) is 2.62. The highest BCUT2D eigenvalue weighted by molar-refractivity contribution is 9.10. The Bertz CT molecular complexity index is 304. The van der Waals surface area contributed by atoms with Crippen molar-refractivity contribution >= 4 is 15.9 Å². The molecule has 70 valence electrons. The van der Waals surface area contributed by atoms with Crippen molar-refractivity contribution in [2.24, 2.45) is 0 Å². The number of rotatable bonds is 1. The third-order valence-corrected chi connectivity index (χ3v) is 2.95. The van der Waals surface area contributed by atoms with Crippen molar-refractivity contribution in [3.63, 3.8) is 0 Å². The van der Waals surface area contributed by atoms with Gasteiger partial charge in [0.15, 0.2) is 0 Å². The van der Waals surface area contributed by atoms with Crippen molar-refractivity contribution < 1.29 is 1.37 Å². The van der Waals surface area contributed by atoms with Crippen LogP contribution in [0.15, 0.2) is 28.7 Å². The molecule has 1 aliphatic heterocycles. The first-order valence-corrected chi connectivity index (χ1v) is 5.47. The first kappa shape index (κ1) is 8.01.